The molecular weight excluding hydrogens is 330 g/mol. The summed E-state index contributed by atoms with van der Waals surface area (Å²) in [4.78, 5) is 25.9. The summed E-state index contributed by atoms with van der Waals surface area (Å²) in [5.41, 5.74) is 2.12. The average Bonchev–Trinajstić information content (AvgIpc) is 2.33. The molecule has 126 valence electrons. The number of hydrogen-bond donors (Lipinski definition) is 3. The van der Waals surface area contributed by atoms with Crippen molar-refractivity contribution in [3.63, 3.8) is 0 Å². The van der Waals surface area contributed by atoms with E-state index in [0.29, 0.717) is 6.42 Å². The van der Waals surface area contributed by atoms with Crippen LogP contribution in [0.25, 0.3) is 0 Å². The summed E-state index contributed by atoms with van der Waals surface area (Å²) in [6.45, 7) is 3.54. The third-order valence-electron chi connectivity index (χ3n) is 2.57. The zero-order valence-electron chi connectivity index (χ0n) is 12.6. The van der Waals surface area contributed by atoms with Crippen molar-refractivity contribution in [2.24, 2.45) is 0 Å². The first-order valence-electron chi connectivity index (χ1n) is 6.54. The molecule has 1 atom stereocenters. The van der Waals surface area contributed by atoms with Crippen molar-refractivity contribution in [3.05, 3.63) is 23.3 Å². The van der Waals surface area contributed by atoms with E-state index in [1.807, 2.05) is 13.8 Å². The highest BCUT2D eigenvalue weighted by molar-refractivity contribution is 7.60. The second kappa shape index (κ2) is 10.1. The molecule has 0 saturated heterocycles. The van der Waals surface area contributed by atoms with E-state index in [1.54, 1.807) is 6.08 Å². The van der Waals surface area contributed by atoms with Crippen molar-refractivity contribution in [3.8, 4) is 12.3 Å². The fourth-order valence-corrected chi connectivity index (χ4v) is 2.98. The molecule has 0 aromatic rings. The van der Waals surface area contributed by atoms with Gasteiger partial charge in [0.1, 0.15) is 0 Å². The zero-order chi connectivity index (χ0) is 17.2. The Morgan fingerprint density at radius 3 is 2.27 bits per heavy atom. The van der Waals surface area contributed by atoms with Crippen molar-refractivity contribution in [1.29, 1.82) is 0 Å². The van der Waals surface area contributed by atoms with E-state index in [2.05, 4.69) is 20.8 Å². The first-order valence-corrected chi connectivity index (χ1v) is 9.57. The van der Waals surface area contributed by atoms with Gasteiger partial charge in [-0.1, -0.05) is 23.3 Å². The highest BCUT2D eigenvalue weighted by atomic mass is 31.3. The summed E-state index contributed by atoms with van der Waals surface area (Å²) < 4.78 is 29.7. The molecule has 0 aliphatic carbocycles. The molecule has 0 aliphatic rings. The van der Waals surface area contributed by atoms with E-state index in [9.17, 15) is 9.13 Å². The van der Waals surface area contributed by atoms with Gasteiger partial charge in [0, 0.05) is 6.42 Å². The van der Waals surface area contributed by atoms with E-state index >= 15 is 0 Å². The maximum absolute atomic E-state index is 11.2. The minimum absolute atomic E-state index is 0.278. The predicted molar refractivity (Wildman–Crippen MR) is 83.7 cm³/mol. The molecule has 0 spiro atoms. The fourth-order valence-electron chi connectivity index (χ4n) is 1.45. The molecule has 9 heteroatoms. The average molecular weight is 352 g/mol. The SMILES string of the molecule is C#CCC/C(C)=C/CC/C(C)=C/COP(=O)(O)OP(=O)(O)O. The van der Waals surface area contributed by atoms with Gasteiger partial charge in [-0.05, 0) is 33.1 Å². The number of phosphoric acid groups is 2. The minimum atomic E-state index is -5.07. The lowest BCUT2D eigenvalue weighted by atomic mass is 10.1. The molecule has 0 aromatic heterocycles. The lowest BCUT2D eigenvalue weighted by molar-refractivity contribution is 0.191. The van der Waals surface area contributed by atoms with Crippen molar-refractivity contribution < 1.29 is 32.6 Å². The van der Waals surface area contributed by atoms with Gasteiger partial charge < -0.3 is 14.7 Å². The van der Waals surface area contributed by atoms with Crippen LogP contribution in [-0.2, 0) is 18.0 Å². The van der Waals surface area contributed by atoms with Gasteiger partial charge >= 0.3 is 15.6 Å². The summed E-state index contributed by atoms with van der Waals surface area (Å²) in [6, 6.07) is 0. The highest BCUT2D eigenvalue weighted by Gasteiger charge is 2.31. The molecular formula is C13H22O7P2. The Hall–Kier alpha value is -0.700. The van der Waals surface area contributed by atoms with Crippen LogP contribution < -0.4 is 0 Å². The first-order chi connectivity index (χ1) is 10.1. The second-order valence-electron chi connectivity index (χ2n) is 4.68. The van der Waals surface area contributed by atoms with Gasteiger partial charge in [-0.15, -0.1) is 12.3 Å². The predicted octanol–water partition coefficient (Wildman–Crippen LogP) is 3.30. The zero-order valence-corrected chi connectivity index (χ0v) is 14.4. The smallest absolute Gasteiger partial charge is 0.302 e. The van der Waals surface area contributed by atoms with Crippen LogP contribution in [0, 0.1) is 12.3 Å². The topological polar surface area (TPSA) is 113 Å². The van der Waals surface area contributed by atoms with Gasteiger partial charge in [0.05, 0.1) is 6.61 Å². The molecule has 3 N–H and O–H groups in total. The van der Waals surface area contributed by atoms with E-state index in [4.69, 9.17) is 21.1 Å². The highest BCUT2D eigenvalue weighted by Crippen LogP contribution is 2.57. The van der Waals surface area contributed by atoms with E-state index < -0.39 is 15.6 Å². The molecule has 0 heterocycles. The molecule has 0 radical (unpaired) electrons. The Kier molecular flexibility index (Phi) is 9.82. The number of rotatable bonds is 10. The summed E-state index contributed by atoms with van der Waals surface area (Å²) in [6.07, 6.45) is 11.9. The summed E-state index contributed by atoms with van der Waals surface area (Å²) in [5.74, 6) is 2.57. The number of hydrogen-bond acceptors (Lipinski definition) is 4. The fraction of sp³-hybridized carbons (Fsp3) is 0.538. The maximum atomic E-state index is 11.2. The Bertz CT molecular complexity index is 539. The number of phosphoric ester groups is 1. The lowest BCUT2D eigenvalue weighted by Crippen LogP contribution is -1.94. The Balaban J connectivity index is 4.17. The third-order valence-corrected chi connectivity index (χ3v) is 4.73. The van der Waals surface area contributed by atoms with Gasteiger partial charge in [-0.3, -0.25) is 4.52 Å². The van der Waals surface area contributed by atoms with Gasteiger partial charge in [0.25, 0.3) is 0 Å². The molecule has 7 nitrogen and oxygen atoms in total. The normalized spacial score (nSPS) is 16.2. The van der Waals surface area contributed by atoms with Crippen LogP contribution in [-0.4, -0.2) is 21.3 Å². The monoisotopic (exact) mass is 352 g/mol. The largest absolute Gasteiger partial charge is 0.481 e. The van der Waals surface area contributed by atoms with E-state index in [0.717, 1.165) is 24.8 Å². The lowest BCUT2D eigenvalue weighted by Gasteiger charge is -2.11. The Morgan fingerprint density at radius 1 is 1.14 bits per heavy atom. The van der Waals surface area contributed by atoms with E-state index in [1.165, 1.54) is 5.57 Å². The molecule has 0 amide bonds. The van der Waals surface area contributed by atoms with Gasteiger partial charge in [-0.25, -0.2) is 9.13 Å². The van der Waals surface area contributed by atoms with Crippen LogP contribution in [0.5, 0.6) is 0 Å². The molecule has 0 aliphatic heterocycles. The number of terminal acetylenes is 1. The van der Waals surface area contributed by atoms with Crippen molar-refractivity contribution in [1.82, 2.24) is 0 Å². The van der Waals surface area contributed by atoms with Crippen LogP contribution in [0.1, 0.15) is 39.5 Å². The molecule has 0 saturated carbocycles. The van der Waals surface area contributed by atoms with E-state index in [-0.39, 0.29) is 6.61 Å². The second-order valence-corrected chi connectivity index (χ2v) is 7.51. The minimum Gasteiger partial charge on any atom is -0.302 e. The number of allylic oxidation sites excluding steroid dienone is 3. The van der Waals surface area contributed by atoms with Crippen LogP contribution in [0.15, 0.2) is 23.3 Å². The molecule has 0 fully saturated rings. The molecule has 0 aromatic carbocycles. The van der Waals surface area contributed by atoms with Crippen LogP contribution in [0.4, 0.5) is 0 Å². The Labute approximate surface area is 130 Å². The molecule has 1 unspecified atom stereocenters. The molecule has 22 heavy (non-hydrogen) atoms. The van der Waals surface area contributed by atoms with Crippen molar-refractivity contribution in [2.45, 2.75) is 39.5 Å². The molecule has 0 bridgehead atoms. The van der Waals surface area contributed by atoms with Crippen LogP contribution in [0.3, 0.4) is 0 Å². The van der Waals surface area contributed by atoms with Crippen molar-refractivity contribution in [2.75, 3.05) is 6.61 Å². The van der Waals surface area contributed by atoms with Crippen LogP contribution in [0.2, 0.25) is 0 Å². The summed E-state index contributed by atoms with van der Waals surface area (Å²) >= 11 is 0. The maximum Gasteiger partial charge on any atom is 0.481 e. The van der Waals surface area contributed by atoms with Gasteiger partial charge in [-0.2, -0.15) is 4.31 Å². The summed E-state index contributed by atoms with van der Waals surface area (Å²) in [7, 11) is -9.83. The van der Waals surface area contributed by atoms with Crippen molar-refractivity contribution >= 4 is 15.6 Å². The van der Waals surface area contributed by atoms with Gasteiger partial charge in [0.2, 0.25) is 0 Å². The molecule has 0 rings (SSSR count). The Morgan fingerprint density at radius 2 is 1.73 bits per heavy atom. The third kappa shape index (κ3) is 13.0. The summed E-state index contributed by atoms with van der Waals surface area (Å²) in [5, 5.41) is 0. The van der Waals surface area contributed by atoms with Gasteiger partial charge in [0.15, 0.2) is 0 Å². The standard InChI is InChI=1S/C13H22O7P2/c1-4-5-7-12(2)8-6-9-13(3)10-11-19-22(17,18)20-21(14,15)16/h1,8,10H,5-7,9,11H2,2-3H3,(H,17,18)(H2,14,15,16)/b12-8+,13-10+. The first kappa shape index (κ1) is 21.3. The van der Waals surface area contributed by atoms with Crippen LogP contribution >= 0.6 is 15.6 Å². The quantitative estimate of drug-likeness (QED) is 0.314.